The van der Waals surface area contributed by atoms with E-state index in [4.69, 9.17) is 5.11 Å². The van der Waals surface area contributed by atoms with Crippen LogP contribution in [-0.4, -0.2) is 23.7 Å². The maximum absolute atomic E-state index is 10.4. The van der Waals surface area contributed by atoms with Gasteiger partial charge in [-0.1, -0.05) is 19.4 Å². The summed E-state index contributed by atoms with van der Waals surface area (Å²) >= 11 is 0. The molecule has 0 saturated carbocycles. The second-order valence-corrected chi connectivity index (χ2v) is 4.58. The zero-order valence-electron chi connectivity index (χ0n) is 10.2. The monoisotopic (exact) mass is 213 g/mol. The van der Waals surface area contributed by atoms with Crippen molar-refractivity contribution in [3.05, 3.63) is 11.6 Å². The molecule has 0 radical (unpaired) electrons. The minimum atomic E-state index is -0.871. The molecule has 3 heteroatoms. The third-order valence-electron chi connectivity index (χ3n) is 2.28. The number of carboxylic acid groups (broad SMARTS) is 1. The zero-order valence-corrected chi connectivity index (χ0v) is 10.2. The van der Waals surface area contributed by atoms with Crippen molar-refractivity contribution in [3.63, 3.8) is 0 Å². The Labute approximate surface area is 92.6 Å². The van der Waals surface area contributed by atoms with Gasteiger partial charge < -0.3 is 10.4 Å². The molecule has 0 spiro atoms. The van der Waals surface area contributed by atoms with E-state index >= 15 is 0 Å². The van der Waals surface area contributed by atoms with E-state index in [1.165, 1.54) is 12.5 Å². The van der Waals surface area contributed by atoms with E-state index in [2.05, 4.69) is 26.1 Å². The number of carbonyl (C=O) groups is 1. The van der Waals surface area contributed by atoms with Crippen LogP contribution in [0.3, 0.4) is 0 Å². The van der Waals surface area contributed by atoms with Crippen molar-refractivity contribution in [1.82, 2.24) is 5.32 Å². The average Bonchev–Trinajstić information content (AvgIpc) is 2.10. The van der Waals surface area contributed by atoms with E-state index in [0.29, 0.717) is 12.6 Å². The number of nitrogens with one attached hydrogen (secondary N) is 1. The molecule has 1 atom stereocenters. The number of rotatable bonds is 7. The molecule has 0 aliphatic carbocycles. The fourth-order valence-corrected chi connectivity index (χ4v) is 1.28. The topological polar surface area (TPSA) is 49.3 Å². The molecule has 0 aromatic heterocycles. The summed E-state index contributed by atoms with van der Waals surface area (Å²) in [6.07, 6.45) is 3.59. The fourth-order valence-electron chi connectivity index (χ4n) is 1.28. The number of hydrogen-bond acceptors (Lipinski definition) is 2. The summed E-state index contributed by atoms with van der Waals surface area (Å²) in [4.78, 5) is 10.4. The standard InChI is InChI=1S/C12H23NO2/c1-9(2)5-6-11(4)13-8-10(3)7-12(14)15/h7,9,11,13H,5-6,8H2,1-4H3,(H,14,15). The van der Waals surface area contributed by atoms with E-state index in [-0.39, 0.29) is 0 Å². The molecule has 0 fully saturated rings. The van der Waals surface area contributed by atoms with E-state index in [1.807, 2.05) is 6.92 Å². The van der Waals surface area contributed by atoms with E-state index in [0.717, 1.165) is 17.9 Å². The van der Waals surface area contributed by atoms with Crippen LogP contribution in [0.25, 0.3) is 0 Å². The molecule has 88 valence electrons. The van der Waals surface area contributed by atoms with Gasteiger partial charge in [-0.3, -0.25) is 0 Å². The lowest BCUT2D eigenvalue weighted by Crippen LogP contribution is -2.28. The fraction of sp³-hybridized carbons (Fsp3) is 0.750. The predicted molar refractivity (Wildman–Crippen MR) is 62.9 cm³/mol. The van der Waals surface area contributed by atoms with Crippen molar-refractivity contribution >= 4 is 5.97 Å². The van der Waals surface area contributed by atoms with Gasteiger partial charge in [0.25, 0.3) is 0 Å². The highest BCUT2D eigenvalue weighted by molar-refractivity contribution is 5.80. The Kier molecular flexibility index (Phi) is 7.05. The first-order valence-electron chi connectivity index (χ1n) is 5.55. The van der Waals surface area contributed by atoms with Crippen LogP contribution >= 0.6 is 0 Å². The highest BCUT2D eigenvalue weighted by atomic mass is 16.4. The van der Waals surface area contributed by atoms with Gasteiger partial charge in [-0.15, -0.1) is 0 Å². The second-order valence-electron chi connectivity index (χ2n) is 4.58. The minimum absolute atomic E-state index is 0.449. The molecule has 0 aliphatic rings. The molecule has 0 bridgehead atoms. The predicted octanol–water partition coefficient (Wildman–Crippen LogP) is 2.43. The van der Waals surface area contributed by atoms with Crippen LogP contribution in [-0.2, 0) is 4.79 Å². The van der Waals surface area contributed by atoms with Crippen molar-refractivity contribution in [2.24, 2.45) is 5.92 Å². The number of aliphatic carboxylic acids is 1. The summed E-state index contributed by atoms with van der Waals surface area (Å²) in [6, 6.07) is 0.449. The molecule has 0 saturated heterocycles. The maximum Gasteiger partial charge on any atom is 0.328 e. The molecular formula is C12H23NO2. The van der Waals surface area contributed by atoms with Crippen LogP contribution in [0.15, 0.2) is 11.6 Å². The third-order valence-corrected chi connectivity index (χ3v) is 2.28. The lowest BCUT2D eigenvalue weighted by molar-refractivity contribution is -0.131. The van der Waals surface area contributed by atoms with Crippen molar-refractivity contribution in [1.29, 1.82) is 0 Å². The number of hydrogen-bond donors (Lipinski definition) is 2. The van der Waals surface area contributed by atoms with Crippen molar-refractivity contribution in [2.75, 3.05) is 6.54 Å². The number of carboxylic acids is 1. The molecule has 0 rings (SSSR count). The van der Waals surface area contributed by atoms with Gasteiger partial charge in [-0.25, -0.2) is 4.79 Å². The highest BCUT2D eigenvalue weighted by Crippen LogP contribution is 2.06. The smallest absolute Gasteiger partial charge is 0.328 e. The summed E-state index contributed by atoms with van der Waals surface area (Å²) in [7, 11) is 0. The maximum atomic E-state index is 10.4. The van der Waals surface area contributed by atoms with E-state index < -0.39 is 5.97 Å². The van der Waals surface area contributed by atoms with Crippen LogP contribution < -0.4 is 5.32 Å². The van der Waals surface area contributed by atoms with Crippen LogP contribution in [0, 0.1) is 5.92 Å². The van der Waals surface area contributed by atoms with Crippen LogP contribution in [0.4, 0.5) is 0 Å². The van der Waals surface area contributed by atoms with Gasteiger partial charge in [0.05, 0.1) is 0 Å². The molecule has 0 aliphatic heterocycles. The molecule has 0 heterocycles. The van der Waals surface area contributed by atoms with Gasteiger partial charge in [0.15, 0.2) is 0 Å². The molecule has 0 aromatic carbocycles. The van der Waals surface area contributed by atoms with Gasteiger partial charge in [-0.2, -0.15) is 0 Å². The SMILES string of the molecule is CC(=CC(=O)O)CNC(C)CCC(C)C. The quantitative estimate of drug-likeness (QED) is 0.639. The third kappa shape index (κ3) is 9.47. The largest absolute Gasteiger partial charge is 0.478 e. The lowest BCUT2D eigenvalue weighted by Gasteiger charge is -2.14. The van der Waals surface area contributed by atoms with E-state index in [9.17, 15) is 4.79 Å². The van der Waals surface area contributed by atoms with Gasteiger partial charge in [0, 0.05) is 18.7 Å². The van der Waals surface area contributed by atoms with Crippen molar-refractivity contribution < 1.29 is 9.90 Å². The molecule has 3 nitrogen and oxygen atoms in total. The average molecular weight is 213 g/mol. The van der Waals surface area contributed by atoms with Gasteiger partial charge in [0.1, 0.15) is 0 Å². The summed E-state index contributed by atoms with van der Waals surface area (Å²) in [5.41, 5.74) is 0.860. The normalized spacial score (nSPS) is 14.3. The highest BCUT2D eigenvalue weighted by Gasteiger charge is 2.03. The minimum Gasteiger partial charge on any atom is -0.478 e. The van der Waals surface area contributed by atoms with Gasteiger partial charge in [-0.05, 0) is 32.6 Å². The van der Waals surface area contributed by atoms with E-state index in [1.54, 1.807) is 0 Å². The van der Waals surface area contributed by atoms with Gasteiger partial charge >= 0.3 is 5.97 Å². The van der Waals surface area contributed by atoms with Crippen LogP contribution in [0.5, 0.6) is 0 Å². The zero-order chi connectivity index (χ0) is 11.8. The Hall–Kier alpha value is -0.830. The Balaban J connectivity index is 3.70. The second kappa shape index (κ2) is 7.46. The molecule has 0 amide bonds. The Bertz CT molecular complexity index is 222. The summed E-state index contributed by atoms with van der Waals surface area (Å²) in [5, 5.41) is 11.8. The van der Waals surface area contributed by atoms with Crippen LogP contribution in [0.2, 0.25) is 0 Å². The van der Waals surface area contributed by atoms with Crippen molar-refractivity contribution in [2.45, 2.75) is 46.6 Å². The molecular weight excluding hydrogens is 190 g/mol. The molecule has 1 unspecified atom stereocenters. The first-order valence-corrected chi connectivity index (χ1v) is 5.55. The van der Waals surface area contributed by atoms with Crippen LogP contribution in [0.1, 0.15) is 40.5 Å². The Morgan fingerprint density at radius 3 is 2.40 bits per heavy atom. The Morgan fingerprint density at radius 1 is 1.33 bits per heavy atom. The summed E-state index contributed by atoms with van der Waals surface area (Å²) in [6.45, 7) is 9.04. The Morgan fingerprint density at radius 2 is 1.93 bits per heavy atom. The first-order chi connectivity index (χ1) is 6.91. The van der Waals surface area contributed by atoms with Gasteiger partial charge in [0.2, 0.25) is 0 Å². The molecule has 15 heavy (non-hydrogen) atoms. The lowest BCUT2D eigenvalue weighted by atomic mass is 10.0. The van der Waals surface area contributed by atoms with Crippen molar-refractivity contribution in [3.8, 4) is 0 Å². The first kappa shape index (κ1) is 14.2. The molecule has 2 N–H and O–H groups in total. The molecule has 0 aromatic rings. The summed E-state index contributed by atoms with van der Waals surface area (Å²) < 4.78 is 0. The summed E-state index contributed by atoms with van der Waals surface area (Å²) in [5.74, 6) is -0.144.